The standard InChI is InChI=1S/C45H37N5O/c1-3-33-25-28-39-32(2)29-43(51)49(42(39)30-33)31-34-23-26-35(27-24-34)40-21-13-14-22-41(40)44-46-48-50(47-44)45(36-15-7-4-8-16-36,37-17-9-5-10-18-37)38-19-11-6-12-20-38/h4-30H,3,31H2,1-2H3. The molecule has 0 atom stereocenters. The number of nitrogens with zero attached hydrogens (tertiary/aromatic N) is 5. The first-order valence-corrected chi connectivity index (χ1v) is 17.3. The maximum absolute atomic E-state index is 13.2. The second kappa shape index (κ2) is 13.5. The molecule has 0 saturated heterocycles. The number of fused-ring (bicyclic) bond motifs is 1. The third-order valence-electron chi connectivity index (χ3n) is 9.85. The number of benzene rings is 6. The maximum atomic E-state index is 13.2. The Morgan fingerprint density at radius 2 is 1.16 bits per heavy atom. The number of aromatic nitrogens is 5. The van der Waals surface area contributed by atoms with Crippen molar-refractivity contribution in [3.63, 3.8) is 0 Å². The Morgan fingerprint density at radius 1 is 0.608 bits per heavy atom. The molecule has 0 fully saturated rings. The van der Waals surface area contributed by atoms with Crippen molar-refractivity contribution in [1.29, 1.82) is 0 Å². The minimum absolute atomic E-state index is 0.00872. The monoisotopic (exact) mass is 663 g/mol. The number of aryl methyl sites for hydroxylation is 2. The van der Waals surface area contributed by atoms with Crippen molar-refractivity contribution < 1.29 is 0 Å². The molecule has 0 spiro atoms. The Labute approximate surface area is 297 Å². The van der Waals surface area contributed by atoms with Crippen LogP contribution in [0.1, 0.15) is 40.3 Å². The summed E-state index contributed by atoms with van der Waals surface area (Å²) in [5.41, 5.74) is 9.38. The third-order valence-corrected chi connectivity index (χ3v) is 9.85. The molecule has 2 aromatic heterocycles. The van der Waals surface area contributed by atoms with E-state index in [0.29, 0.717) is 12.4 Å². The highest BCUT2D eigenvalue weighted by Gasteiger charge is 2.41. The fourth-order valence-electron chi connectivity index (χ4n) is 7.23. The predicted octanol–water partition coefficient (Wildman–Crippen LogP) is 9.08. The smallest absolute Gasteiger partial charge is 0.251 e. The topological polar surface area (TPSA) is 65.6 Å². The molecule has 6 nitrogen and oxygen atoms in total. The summed E-state index contributed by atoms with van der Waals surface area (Å²) in [4.78, 5) is 15.0. The Hall–Kier alpha value is -6.40. The van der Waals surface area contributed by atoms with Gasteiger partial charge in [-0.05, 0) is 69.1 Å². The lowest BCUT2D eigenvalue weighted by atomic mass is 9.77. The first-order valence-electron chi connectivity index (χ1n) is 17.3. The zero-order valence-electron chi connectivity index (χ0n) is 28.6. The van der Waals surface area contributed by atoms with Gasteiger partial charge in [-0.1, -0.05) is 159 Å². The van der Waals surface area contributed by atoms with Crippen LogP contribution < -0.4 is 5.56 Å². The van der Waals surface area contributed by atoms with Crippen LogP contribution in [0.3, 0.4) is 0 Å². The molecule has 6 aromatic carbocycles. The van der Waals surface area contributed by atoms with Crippen molar-refractivity contribution in [3.05, 3.63) is 208 Å². The summed E-state index contributed by atoms with van der Waals surface area (Å²) in [5, 5.41) is 15.7. The average Bonchev–Trinajstić information content (AvgIpc) is 3.68. The molecule has 0 aliphatic heterocycles. The third kappa shape index (κ3) is 5.75. The van der Waals surface area contributed by atoms with Crippen molar-refractivity contribution in [2.24, 2.45) is 0 Å². The van der Waals surface area contributed by atoms with E-state index in [2.05, 4.69) is 91.9 Å². The highest BCUT2D eigenvalue weighted by molar-refractivity contribution is 5.83. The molecular weight excluding hydrogens is 627 g/mol. The van der Waals surface area contributed by atoms with Crippen LogP contribution in [0.2, 0.25) is 0 Å². The lowest BCUT2D eigenvalue weighted by molar-refractivity contribution is 0.396. The largest absolute Gasteiger partial charge is 0.304 e. The minimum atomic E-state index is -0.859. The maximum Gasteiger partial charge on any atom is 0.251 e. The molecule has 2 heterocycles. The van der Waals surface area contributed by atoms with Gasteiger partial charge in [0.15, 0.2) is 5.54 Å². The first-order chi connectivity index (χ1) is 25.1. The molecule has 0 N–H and O–H groups in total. The Bertz CT molecular complexity index is 2410. The van der Waals surface area contributed by atoms with Gasteiger partial charge in [-0.2, -0.15) is 0 Å². The van der Waals surface area contributed by atoms with E-state index in [0.717, 1.165) is 61.8 Å². The molecule has 8 rings (SSSR count). The molecule has 0 radical (unpaired) electrons. The fourth-order valence-corrected chi connectivity index (χ4v) is 7.23. The first kappa shape index (κ1) is 31.8. The predicted molar refractivity (Wildman–Crippen MR) is 205 cm³/mol. The lowest BCUT2D eigenvalue weighted by Gasteiger charge is -2.34. The summed E-state index contributed by atoms with van der Waals surface area (Å²) in [6.45, 7) is 4.63. The van der Waals surface area contributed by atoms with Crippen LogP contribution in [-0.4, -0.2) is 24.8 Å². The van der Waals surface area contributed by atoms with Crippen LogP contribution in [0.5, 0.6) is 0 Å². The van der Waals surface area contributed by atoms with E-state index in [9.17, 15) is 4.79 Å². The second-order valence-corrected chi connectivity index (χ2v) is 12.9. The number of hydrogen-bond acceptors (Lipinski definition) is 4. The summed E-state index contributed by atoms with van der Waals surface area (Å²) >= 11 is 0. The van der Waals surface area contributed by atoms with E-state index in [1.807, 2.05) is 84.3 Å². The van der Waals surface area contributed by atoms with E-state index in [4.69, 9.17) is 15.4 Å². The zero-order valence-corrected chi connectivity index (χ0v) is 28.6. The molecular formula is C45H37N5O. The molecule has 0 bridgehead atoms. The Kier molecular flexibility index (Phi) is 8.42. The number of tetrazole rings is 1. The van der Waals surface area contributed by atoms with Crippen molar-refractivity contribution in [2.45, 2.75) is 32.4 Å². The van der Waals surface area contributed by atoms with E-state index >= 15 is 0 Å². The summed E-state index contributed by atoms with van der Waals surface area (Å²) in [6.07, 6.45) is 0.917. The van der Waals surface area contributed by atoms with Crippen LogP contribution in [0.25, 0.3) is 33.4 Å². The van der Waals surface area contributed by atoms with Crippen molar-refractivity contribution >= 4 is 10.9 Å². The van der Waals surface area contributed by atoms with Gasteiger partial charge in [0.2, 0.25) is 5.82 Å². The van der Waals surface area contributed by atoms with Crippen molar-refractivity contribution in [2.75, 3.05) is 0 Å². The summed E-state index contributed by atoms with van der Waals surface area (Å²) in [7, 11) is 0. The van der Waals surface area contributed by atoms with E-state index in [1.54, 1.807) is 10.9 Å². The summed E-state index contributed by atoms with van der Waals surface area (Å²) in [6, 6.07) is 55.8. The highest BCUT2D eigenvalue weighted by atomic mass is 16.1. The zero-order chi connectivity index (χ0) is 34.8. The SMILES string of the molecule is CCc1ccc2c(C)cc(=O)n(Cc3ccc(-c4ccccc4-c4nnn(C(c5ccccc5)(c5ccccc5)c5ccccc5)n4)cc3)c2c1. The molecule has 0 amide bonds. The van der Waals surface area contributed by atoms with Crippen LogP contribution in [0, 0.1) is 6.92 Å². The molecule has 8 aromatic rings. The van der Waals surface area contributed by atoms with Gasteiger partial charge in [-0.25, -0.2) is 0 Å². The van der Waals surface area contributed by atoms with E-state index < -0.39 is 5.54 Å². The van der Waals surface area contributed by atoms with Gasteiger partial charge in [0.1, 0.15) is 0 Å². The highest BCUT2D eigenvalue weighted by Crippen LogP contribution is 2.40. The normalized spacial score (nSPS) is 11.6. The Balaban J connectivity index is 1.19. The van der Waals surface area contributed by atoms with Crippen molar-refractivity contribution in [3.8, 4) is 22.5 Å². The molecule has 51 heavy (non-hydrogen) atoms. The quantitative estimate of drug-likeness (QED) is 0.145. The Morgan fingerprint density at radius 3 is 1.75 bits per heavy atom. The lowest BCUT2D eigenvalue weighted by Crippen LogP contribution is -2.39. The molecule has 0 saturated carbocycles. The summed E-state index contributed by atoms with van der Waals surface area (Å²) < 4.78 is 1.88. The summed E-state index contributed by atoms with van der Waals surface area (Å²) in [5.74, 6) is 0.534. The van der Waals surface area contributed by atoms with Gasteiger partial charge in [0.25, 0.3) is 5.56 Å². The second-order valence-electron chi connectivity index (χ2n) is 12.9. The van der Waals surface area contributed by atoms with Crippen LogP contribution in [-0.2, 0) is 18.5 Å². The number of hydrogen-bond donors (Lipinski definition) is 0. The van der Waals surface area contributed by atoms with Gasteiger partial charge in [-0.15, -0.1) is 15.0 Å². The van der Waals surface area contributed by atoms with Crippen LogP contribution in [0.4, 0.5) is 0 Å². The molecule has 0 aliphatic rings. The molecule has 6 heteroatoms. The minimum Gasteiger partial charge on any atom is -0.304 e. The average molecular weight is 664 g/mol. The fraction of sp³-hybridized carbons (Fsp3) is 0.111. The van der Waals surface area contributed by atoms with Gasteiger partial charge in [-0.3, -0.25) is 4.79 Å². The van der Waals surface area contributed by atoms with Gasteiger partial charge < -0.3 is 4.57 Å². The number of pyridine rings is 1. The van der Waals surface area contributed by atoms with E-state index in [1.165, 1.54) is 5.56 Å². The number of rotatable bonds is 9. The van der Waals surface area contributed by atoms with Gasteiger partial charge >= 0.3 is 0 Å². The molecule has 0 aliphatic carbocycles. The molecule has 0 unspecified atom stereocenters. The van der Waals surface area contributed by atoms with Crippen LogP contribution in [0.15, 0.2) is 169 Å². The van der Waals surface area contributed by atoms with Crippen molar-refractivity contribution in [1.82, 2.24) is 24.8 Å². The van der Waals surface area contributed by atoms with Gasteiger partial charge in [0.05, 0.1) is 12.1 Å². The van der Waals surface area contributed by atoms with Gasteiger partial charge in [0, 0.05) is 17.0 Å². The van der Waals surface area contributed by atoms with Crippen LogP contribution >= 0.6 is 0 Å². The van der Waals surface area contributed by atoms with E-state index in [-0.39, 0.29) is 5.56 Å². The molecule has 248 valence electrons.